The van der Waals surface area contributed by atoms with Gasteiger partial charge in [-0.1, -0.05) is 41.4 Å². The van der Waals surface area contributed by atoms with Gasteiger partial charge in [-0.15, -0.1) is 0 Å². The summed E-state index contributed by atoms with van der Waals surface area (Å²) in [6.07, 6.45) is 1.93. The van der Waals surface area contributed by atoms with E-state index in [-0.39, 0.29) is 18.7 Å². The Morgan fingerprint density at radius 2 is 1.93 bits per heavy atom. The quantitative estimate of drug-likeness (QED) is 0.507. The fourth-order valence-electron chi connectivity index (χ4n) is 2.89. The lowest BCUT2D eigenvalue weighted by Crippen LogP contribution is -2.30. The van der Waals surface area contributed by atoms with Crippen LogP contribution in [-0.2, 0) is 6.54 Å². The fraction of sp³-hybridized carbons (Fsp3) is 0.150. The number of nitrogens with zero attached hydrogens (tertiary/aromatic N) is 4. The average molecular weight is 431 g/mol. The van der Waals surface area contributed by atoms with Gasteiger partial charge in [-0.25, -0.2) is 9.67 Å². The molecule has 0 aliphatic rings. The summed E-state index contributed by atoms with van der Waals surface area (Å²) in [5.74, 6) is 0.403. The lowest BCUT2D eigenvalue weighted by molar-refractivity contribution is 0.0915. The lowest BCUT2D eigenvalue weighted by atomic mass is 10.3. The normalized spacial score (nSPS) is 12.2. The van der Waals surface area contributed by atoms with Crippen LogP contribution in [0.25, 0.3) is 16.7 Å². The van der Waals surface area contributed by atoms with E-state index in [1.807, 2.05) is 30.3 Å². The zero-order valence-corrected chi connectivity index (χ0v) is 16.6. The number of aromatic nitrogens is 4. The predicted molar refractivity (Wildman–Crippen MR) is 111 cm³/mol. The number of hydrogen-bond acceptors (Lipinski definition) is 5. The molecule has 1 unspecified atom stereocenters. The van der Waals surface area contributed by atoms with Crippen LogP contribution < -0.4 is 10.3 Å². The van der Waals surface area contributed by atoms with Gasteiger partial charge in [-0.05, 0) is 30.3 Å². The van der Waals surface area contributed by atoms with Crippen LogP contribution in [0.2, 0.25) is 10.0 Å². The molecule has 1 N–H and O–H groups in total. The van der Waals surface area contributed by atoms with Crippen LogP contribution >= 0.6 is 23.2 Å². The van der Waals surface area contributed by atoms with Crippen molar-refractivity contribution in [2.75, 3.05) is 6.61 Å². The van der Waals surface area contributed by atoms with Gasteiger partial charge in [0.05, 0.1) is 23.5 Å². The van der Waals surface area contributed by atoms with Gasteiger partial charge in [-0.3, -0.25) is 9.36 Å². The molecule has 7 nitrogen and oxygen atoms in total. The Morgan fingerprint density at radius 1 is 1.14 bits per heavy atom. The van der Waals surface area contributed by atoms with Crippen molar-refractivity contribution in [2.24, 2.45) is 0 Å². The molecular formula is C20H16Cl2N4O3. The molecule has 2 aromatic carbocycles. The molecule has 0 bridgehead atoms. The molecule has 0 aliphatic carbocycles. The summed E-state index contributed by atoms with van der Waals surface area (Å²) >= 11 is 11.9. The molecular weight excluding hydrogens is 415 g/mol. The van der Waals surface area contributed by atoms with Gasteiger partial charge in [0, 0.05) is 5.02 Å². The summed E-state index contributed by atoms with van der Waals surface area (Å²) in [6.45, 7) is -0.0292. The van der Waals surface area contributed by atoms with E-state index in [1.165, 1.54) is 17.1 Å². The Kier molecular flexibility index (Phi) is 5.53. The van der Waals surface area contributed by atoms with Crippen molar-refractivity contribution in [3.8, 4) is 11.4 Å². The number of para-hydroxylation sites is 1. The highest BCUT2D eigenvalue weighted by Crippen LogP contribution is 2.27. The second-order valence-electron chi connectivity index (χ2n) is 6.37. The van der Waals surface area contributed by atoms with Crippen molar-refractivity contribution >= 4 is 34.2 Å². The van der Waals surface area contributed by atoms with Gasteiger partial charge in [0.2, 0.25) is 0 Å². The average Bonchev–Trinajstić information content (AvgIpc) is 3.15. The Balaban J connectivity index is 1.51. The molecule has 29 heavy (non-hydrogen) atoms. The second kappa shape index (κ2) is 8.24. The highest BCUT2D eigenvalue weighted by Gasteiger charge is 2.14. The smallest absolute Gasteiger partial charge is 0.264 e. The summed E-state index contributed by atoms with van der Waals surface area (Å²) in [6, 6.07) is 14.2. The van der Waals surface area contributed by atoms with Crippen LogP contribution in [0.15, 0.2) is 65.8 Å². The molecule has 0 aliphatic heterocycles. The zero-order chi connectivity index (χ0) is 20.4. The molecule has 2 aromatic heterocycles. The van der Waals surface area contributed by atoms with Crippen LogP contribution in [0.4, 0.5) is 0 Å². The maximum absolute atomic E-state index is 12.8. The fourth-order valence-corrected chi connectivity index (χ4v) is 3.36. The molecule has 9 heteroatoms. The highest BCUT2D eigenvalue weighted by molar-refractivity contribution is 6.35. The number of rotatable bonds is 6. The van der Waals surface area contributed by atoms with E-state index in [0.717, 1.165) is 5.69 Å². The molecule has 0 spiro atoms. The minimum absolute atomic E-state index is 0.0174. The second-order valence-corrected chi connectivity index (χ2v) is 7.21. The van der Waals surface area contributed by atoms with E-state index < -0.39 is 6.10 Å². The molecule has 2 heterocycles. The van der Waals surface area contributed by atoms with Crippen molar-refractivity contribution in [3.63, 3.8) is 0 Å². The number of ether oxygens (including phenoxy) is 1. The Bertz CT molecular complexity index is 1210. The van der Waals surface area contributed by atoms with Crippen molar-refractivity contribution in [1.82, 2.24) is 19.3 Å². The Labute approximate surface area is 175 Å². The predicted octanol–water partition coefficient (Wildman–Crippen LogP) is 3.33. The van der Waals surface area contributed by atoms with Gasteiger partial charge in [0.1, 0.15) is 30.2 Å². The zero-order valence-electron chi connectivity index (χ0n) is 15.1. The van der Waals surface area contributed by atoms with Gasteiger partial charge in [-0.2, -0.15) is 5.10 Å². The van der Waals surface area contributed by atoms with Gasteiger partial charge >= 0.3 is 0 Å². The first-order valence-corrected chi connectivity index (χ1v) is 9.53. The Morgan fingerprint density at radius 3 is 2.69 bits per heavy atom. The summed E-state index contributed by atoms with van der Waals surface area (Å²) in [5.41, 5.74) is 0.970. The molecule has 0 amide bonds. The first-order chi connectivity index (χ1) is 14.0. The van der Waals surface area contributed by atoms with Crippen molar-refractivity contribution < 1.29 is 9.84 Å². The molecule has 4 rings (SSSR count). The van der Waals surface area contributed by atoms with Crippen molar-refractivity contribution in [1.29, 1.82) is 0 Å². The SMILES string of the molecule is O=c1c2cnn(-c3ccccc3)c2ncn1CC(O)COc1ccc(Cl)cc1Cl. The minimum Gasteiger partial charge on any atom is -0.489 e. The van der Waals surface area contributed by atoms with Gasteiger partial charge in [0.25, 0.3) is 5.56 Å². The van der Waals surface area contributed by atoms with Crippen molar-refractivity contribution in [3.05, 3.63) is 81.5 Å². The summed E-state index contributed by atoms with van der Waals surface area (Å²) in [7, 11) is 0. The number of halogens is 2. The summed E-state index contributed by atoms with van der Waals surface area (Å²) in [5, 5.41) is 15.8. The first kappa shape index (κ1) is 19.4. The largest absolute Gasteiger partial charge is 0.489 e. The minimum atomic E-state index is -0.942. The standard InChI is InChI=1S/C20H16Cl2N4O3/c21-13-6-7-18(17(22)8-13)29-11-15(27)10-25-12-23-19-16(20(25)28)9-24-26(19)14-4-2-1-3-5-14/h1-9,12,15,27H,10-11H2. The molecule has 0 radical (unpaired) electrons. The van der Waals surface area contributed by atoms with Crippen molar-refractivity contribution in [2.45, 2.75) is 12.6 Å². The van der Waals surface area contributed by atoms with Crippen LogP contribution in [0.3, 0.4) is 0 Å². The third-order valence-electron chi connectivity index (χ3n) is 4.29. The van der Waals surface area contributed by atoms with Crippen LogP contribution in [0.5, 0.6) is 5.75 Å². The van der Waals surface area contributed by atoms with E-state index in [0.29, 0.717) is 26.8 Å². The third kappa shape index (κ3) is 4.12. The number of aliphatic hydroxyl groups is 1. The number of benzene rings is 2. The van der Waals surface area contributed by atoms with Crippen LogP contribution in [0.1, 0.15) is 0 Å². The van der Waals surface area contributed by atoms with E-state index in [4.69, 9.17) is 27.9 Å². The molecule has 4 aromatic rings. The number of hydrogen-bond donors (Lipinski definition) is 1. The van der Waals surface area contributed by atoms with E-state index in [9.17, 15) is 9.90 Å². The maximum Gasteiger partial charge on any atom is 0.264 e. The van der Waals surface area contributed by atoms with Crippen LogP contribution in [-0.4, -0.2) is 37.1 Å². The van der Waals surface area contributed by atoms with E-state index in [1.54, 1.807) is 22.9 Å². The lowest BCUT2D eigenvalue weighted by Gasteiger charge is -2.14. The number of fused-ring (bicyclic) bond motifs is 1. The summed E-state index contributed by atoms with van der Waals surface area (Å²) < 4.78 is 8.45. The summed E-state index contributed by atoms with van der Waals surface area (Å²) in [4.78, 5) is 17.1. The monoisotopic (exact) mass is 430 g/mol. The Hall–Kier alpha value is -2.87. The van der Waals surface area contributed by atoms with Gasteiger partial charge < -0.3 is 9.84 Å². The number of aliphatic hydroxyl groups excluding tert-OH is 1. The molecule has 0 fully saturated rings. The molecule has 148 valence electrons. The highest BCUT2D eigenvalue weighted by atomic mass is 35.5. The van der Waals surface area contributed by atoms with E-state index in [2.05, 4.69) is 10.1 Å². The van der Waals surface area contributed by atoms with Gasteiger partial charge in [0.15, 0.2) is 5.65 Å². The third-order valence-corrected chi connectivity index (χ3v) is 4.82. The molecule has 0 saturated carbocycles. The first-order valence-electron chi connectivity index (χ1n) is 8.77. The molecule has 1 atom stereocenters. The topological polar surface area (TPSA) is 82.2 Å². The molecule has 0 saturated heterocycles. The van der Waals surface area contributed by atoms with E-state index >= 15 is 0 Å². The maximum atomic E-state index is 12.8. The van der Waals surface area contributed by atoms with Crippen LogP contribution in [0, 0.1) is 0 Å².